The van der Waals surface area contributed by atoms with Gasteiger partial charge in [0.2, 0.25) is 0 Å². The van der Waals surface area contributed by atoms with Crippen molar-refractivity contribution in [1.29, 1.82) is 0 Å². The number of ether oxygens (including phenoxy) is 2. The molecule has 0 aliphatic rings. The van der Waals surface area contributed by atoms with Crippen molar-refractivity contribution in [3.63, 3.8) is 0 Å². The average Bonchev–Trinajstić information content (AvgIpc) is 2.66. The highest BCUT2D eigenvalue weighted by Crippen LogP contribution is 2.29. The van der Waals surface area contributed by atoms with Crippen LogP contribution in [0.25, 0.3) is 0 Å². The summed E-state index contributed by atoms with van der Waals surface area (Å²) >= 11 is 0. The second-order valence-corrected chi connectivity index (χ2v) is 5.68. The van der Waals surface area contributed by atoms with E-state index < -0.39 is 0 Å². The normalized spacial score (nSPS) is 10.6. The molecule has 0 atom stereocenters. The summed E-state index contributed by atoms with van der Waals surface area (Å²) in [5.41, 5.74) is 2.49. The molecule has 0 fully saturated rings. The maximum absolute atomic E-state index is 12.4. The molecule has 5 nitrogen and oxygen atoms in total. The molecule has 1 N–H and O–H groups in total. The van der Waals surface area contributed by atoms with Gasteiger partial charge in [0.15, 0.2) is 11.5 Å². The number of hydrogen-bond donors (Lipinski definition) is 1. The van der Waals surface area contributed by atoms with E-state index in [-0.39, 0.29) is 5.91 Å². The van der Waals surface area contributed by atoms with Gasteiger partial charge in [0, 0.05) is 23.9 Å². The van der Waals surface area contributed by atoms with E-state index >= 15 is 0 Å². The van der Waals surface area contributed by atoms with Crippen LogP contribution in [0.3, 0.4) is 0 Å². The molecule has 0 aliphatic heterocycles. The lowest BCUT2D eigenvalue weighted by Crippen LogP contribution is -2.22. The average molecular weight is 342 g/mol. The van der Waals surface area contributed by atoms with E-state index in [2.05, 4.69) is 24.1 Å². The van der Waals surface area contributed by atoms with E-state index in [1.807, 2.05) is 24.3 Å². The topological polar surface area (TPSA) is 50.8 Å². The summed E-state index contributed by atoms with van der Waals surface area (Å²) in [4.78, 5) is 14.8. The Bertz CT molecular complexity index is 695. The second kappa shape index (κ2) is 9.08. The summed E-state index contributed by atoms with van der Waals surface area (Å²) in [5, 5.41) is 2.88. The monoisotopic (exact) mass is 342 g/mol. The minimum atomic E-state index is -0.151. The highest BCUT2D eigenvalue weighted by Gasteiger charge is 2.10. The quantitative estimate of drug-likeness (QED) is 0.793. The lowest BCUT2D eigenvalue weighted by molar-refractivity contribution is 0.102. The van der Waals surface area contributed by atoms with Gasteiger partial charge in [-0.05, 0) is 42.9 Å². The predicted octanol–water partition coefficient (Wildman–Crippen LogP) is 3.80. The molecule has 2 aromatic rings. The molecule has 0 unspecified atom stereocenters. The molecule has 0 aromatic heterocycles. The third kappa shape index (κ3) is 4.97. The largest absolute Gasteiger partial charge is 0.493 e. The Morgan fingerprint density at radius 2 is 1.60 bits per heavy atom. The van der Waals surface area contributed by atoms with Crippen LogP contribution in [0.15, 0.2) is 42.5 Å². The lowest BCUT2D eigenvalue weighted by Gasteiger charge is -2.18. The molecule has 25 heavy (non-hydrogen) atoms. The number of methoxy groups -OCH3 is 2. The number of carbonyl (C=O) groups is 1. The van der Waals surface area contributed by atoms with Crippen molar-refractivity contribution < 1.29 is 14.3 Å². The Morgan fingerprint density at radius 1 is 0.960 bits per heavy atom. The van der Waals surface area contributed by atoms with Gasteiger partial charge in [-0.25, -0.2) is 0 Å². The van der Waals surface area contributed by atoms with Crippen molar-refractivity contribution in [3.05, 3.63) is 53.6 Å². The number of carbonyl (C=O) groups excluding carboxylic acids is 1. The number of rotatable bonds is 8. The van der Waals surface area contributed by atoms with Crippen LogP contribution < -0.4 is 14.8 Å². The Kier molecular flexibility index (Phi) is 6.83. The van der Waals surface area contributed by atoms with Gasteiger partial charge in [0.05, 0.1) is 14.2 Å². The van der Waals surface area contributed by atoms with Crippen LogP contribution >= 0.6 is 0 Å². The third-order valence-electron chi connectivity index (χ3n) is 4.16. The zero-order valence-electron chi connectivity index (χ0n) is 15.3. The molecule has 2 aromatic carbocycles. The number of anilines is 1. The minimum Gasteiger partial charge on any atom is -0.493 e. The summed E-state index contributed by atoms with van der Waals surface area (Å²) in [6, 6.07) is 13.0. The van der Waals surface area contributed by atoms with Gasteiger partial charge in [0.25, 0.3) is 5.91 Å². The van der Waals surface area contributed by atoms with Crippen LogP contribution in [0.4, 0.5) is 5.69 Å². The van der Waals surface area contributed by atoms with E-state index in [1.54, 1.807) is 32.4 Å². The van der Waals surface area contributed by atoms with Crippen LogP contribution in [0.5, 0.6) is 11.5 Å². The summed E-state index contributed by atoms with van der Waals surface area (Å²) in [7, 11) is 3.15. The number of nitrogens with one attached hydrogen (secondary N) is 1. The van der Waals surface area contributed by atoms with E-state index in [4.69, 9.17) is 9.47 Å². The SMILES string of the molecule is CCN(CC)Cc1ccc(C(=O)Nc2ccc(OC)c(OC)c2)cc1. The summed E-state index contributed by atoms with van der Waals surface area (Å²) in [6.45, 7) is 7.21. The zero-order valence-corrected chi connectivity index (χ0v) is 15.3. The van der Waals surface area contributed by atoms with Crippen molar-refractivity contribution in [1.82, 2.24) is 4.90 Å². The van der Waals surface area contributed by atoms with Gasteiger partial charge in [-0.15, -0.1) is 0 Å². The third-order valence-corrected chi connectivity index (χ3v) is 4.16. The molecule has 0 saturated carbocycles. The minimum absolute atomic E-state index is 0.151. The molecule has 0 aliphatic carbocycles. The first-order valence-corrected chi connectivity index (χ1v) is 8.45. The fourth-order valence-corrected chi connectivity index (χ4v) is 2.58. The van der Waals surface area contributed by atoms with Crippen molar-refractivity contribution in [2.45, 2.75) is 20.4 Å². The molecule has 1 amide bonds. The Hall–Kier alpha value is -2.53. The molecular formula is C20H26N2O3. The standard InChI is InChI=1S/C20H26N2O3/c1-5-22(6-2)14-15-7-9-16(10-8-15)20(23)21-17-11-12-18(24-3)19(13-17)25-4/h7-13H,5-6,14H2,1-4H3,(H,21,23). The molecule has 134 valence electrons. The van der Waals surface area contributed by atoms with Gasteiger partial charge >= 0.3 is 0 Å². The molecule has 2 rings (SSSR count). The maximum Gasteiger partial charge on any atom is 0.255 e. The van der Waals surface area contributed by atoms with Gasteiger partial charge in [0.1, 0.15) is 0 Å². The fourth-order valence-electron chi connectivity index (χ4n) is 2.58. The first kappa shape index (κ1) is 18.8. The van der Waals surface area contributed by atoms with Gasteiger partial charge in [-0.2, -0.15) is 0 Å². The highest BCUT2D eigenvalue weighted by molar-refractivity contribution is 6.04. The molecule has 5 heteroatoms. The van der Waals surface area contributed by atoms with E-state index in [9.17, 15) is 4.79 Å². The number of amides is 1. The maximum atomic E-state index is 12.4. The molecule has 0 radical (unpaired) electrons. The van der Waals surface area contributed by atoms with Gasteiger partial charge < -0.3 is 14.8 Å². The predicted molar refractivity (Wildman–Crippen MR) is 101 cm³/mol. The van der Waals surface area contributed by atoms with Crippen LogP contribution in [-0.2, 0) is 6.54 Å². The summed E-state index contributed by atoms with van der Waals surface area (Å²) in [5.74, 6) is 1.05. The molecule has 0 heterocycles. The van der Waals surface area contributed by atoms with Gasteiger partial charge in [-0.3, -0.25) is 9.69 Å². The Morgan fingerprint density at radius 3 is 2.16 bits per heavy atom. The number of nitrogens with zero attached hydrogens (tertiary/aromatic N) is 1. The van der Waals surface area contributed by atoms with Crippen molar-refractivity contribution in [3.8, 4) is 11.5 Å². The van der Waals surface area contributed by atoms with Crippen molar-refractivity contribution in [2.24, 2.45) is 0 Å². The second-order valence-electron chi connectivity index (χ2n) is 5.68. The smallest absolute Gasteiger partial charge is 0.255 e. The number of benzene rings is 2. The summed E-state index contributed by atoms with van der Waals surface area (Å²) in [6.07, 6.45) is 0. The Balaban J connectivity index is 2.06. The van der Waals surface area contributed by atoms with Crippen molar-refractivity contribution in [2.75, 3.05) is 32.6 Å². The Labute approximate surface area is 149 Å². The van der Waals surface area contributed by atoms with Crippen LogP contribution in [-0.4, -0.2) is 38.1 Å². The summed E-state index contributed by atoms with van der Waals surface area (Å²) < 4.78 is 10.5. The van der Waals surface area contributed by atoms with E-state index in [1.165, 1.54) is 5.56 Å². The fraction of sp³-hybridized carbons (Fsp3) is 0.350. The molecule has 0 saturated heterocycles. The van der Waals surface area contributed by atoms with Gasteiger partial charge in [-0.1, -0.05) is 26.0 Å². The van der Waals surface area contributed by atoms with E-state index in [0.29, 0.717) is 22.7 Å². The molecule has 0 bridgehead atoms. The molecule has 0 spiro atoms. The van der Waals surface area contributed by atoms with Crippen LogP contribution in [0.1, 0.15) is 29.8 Å². The lowest BCUT2D eigenvalue weighted by atomic mass is 10.1. The number of hydrogen-bond acceptors (Lipinski definition) is 4. The highest BCUT2D eigenvalue weighted by atomic mass is 16.5. The zero-order chi connectivity index (χ0) is 18.2. The van der Waals surface area contributed by atoms with Crippen LogP contribution in [0, 0.1) is 0 Å². The first-order valence-electron chi connectivity index (χ1n) is 8.45. The molecular weight excluding hydrogens is 316 g/mol. The van der Waals surface area contributed by atoms with Crippen molar-refractivity contribution >= 4 is 11.6 Å². The first-order chi connectivity index (χ1) is 12.1. The van der Waals surface area contributed by atoms with E-state index in [0.717, 1.165) is 19.6 Å². The van der Waals surface area contributed by atoms with Crippen LogP contribution in [0.2, 0.25) is 0 Å².